The van der Waals surface area contributed by atoms with Crippen molar-refractivity contribution in [3.63, 3.8) is 0 Å². The molecule has 1 fully saturated rings. The fourth-order valence-corrected chi connectivity index (χ4v) is 3.79. The second kappa shape index (κ2) is 5.91. The lowest BCUT2D eigenvalue weighted by molar-refractivity contribution is -0.117. The number of halogens is 1. The summed E-state index contributed by atoms with van der Waals surface area (Å²) < 4.78 is 0.993. The highest BCUT2D eigenvalue weighted by Crippen LogP contribution is 2.32. The monoisotopic (exact) mass is 416 g/mol. The molecule has 110 valence electrons. The average molecular weight is 416 g/mol. The van der Waals surface area contributed by atoms with Crippen LogP contribution in [-0.2, 0) is 9.59 Å². The van der Waals surface area contributed by atoms with Crippen LogP contribution in [0.3, 0.4) is 0 Å². The minimum Gasteiger partial charge on any atom is -0.345 e. The molecule has 1 N–H and O–H groups in total. The summed E-state index contributed by atoms with van der Waals surface area (Å²) in [7, 11) is 0. The van der Waals surface area contributed by atoms with Crippen molar-refractivity contribution in [3.8, 4) is 0 Å². The molecule has 21 heavy (non-hydrogen) atoms. The van der Waals surface area contributed by atoms with Gasteiger partial charge in [0.1, 0.15) is 17.8 Å². The number of hydrogen-bond donors (Lipinski definition) is 1. The summed E-state index contributed by atoms with van der Waals surface area (Å²) in [6.45, 7) is 2.15. The van der Waals surface area contributed by atoms with Gasteiger partial charge in [0, 0.05) is 35.4 Å². The zero-order valence-corrected chi connectivity index (χ0v) is 14.3. The predicted molar refractivity (Wildman–Crippen MR) is 90.2 cm³/mol. The van der Waals surface area contributed by atoms with Crippen molar-refractivity contribution >= 4 is 62.2 Å². The van der Waals surface area contributed by atoms with E-state index in [0.29, 0.717) is 24.5 Å². The summed E-state index contributed by atoms with van der Waals surface area (Å²) in [6.07, 6.45) is 3.79. The summed E-state index contributed by atoms with van der Waals surface area (Å²) in [5.41, 5.74) is 0.735. The van der Waals surface area contributed by atoms with Crippen molar-refractivity contribution in [2.45, 2.75) is 13.3 Å². The molecule has 1 amide bonds. The molecular weight excluding hydrogens is 403 g/mol. The SMILES string of the molecule is CC(=O)SCC1CC(=O)N(c2ncnc3[nH]cc(I)c23)C1. The minimum atomic E-state index is 0.0566. The Kier molecular flexibility index (Phi) is 4.16. The van der Waals surface area contributed by atoms with Crippen LogP contribution in [0.1, 0.15) is 13.3 Å². The van der Waals surface area contributed by atoms with Crippen molar-refractivity contribution in [2.24, 2.45) is 5.92 Å². The number of aromatic nitrogens is 3. The largest absolute Gasteiger partial charge is 0.345 e. The molecule has 1 aliphatic heterocycles. The van der Waals surface area contributed by atoms with Crippen LogP contribution in [0.4, 0.5) is 5.82 Å². The molecule has 0 aromatic carbocycles. The summed E-state index contributed by atoms with van der Waals surface area (Å²) in [5, 5.41) is 0.969. The Morgan fingerprint density at radius 1 is 1.57 bits per heavy atom. The summed E-state index contributed by atoms with van der Waals surface area (Å²) in [5.74, 6) is 1.58. The second-order valence-electron chi connectivity index (χ2n) is 4.93. The first-order valence-corrected chi connectivity index (χ1v) is 8.54. The number of nitrogens with one attached hydrogen (secondary N) is 1. The standard InChI is InChI=1S/C13H13IN4O2S/c1-7(19)21-5-8-2-10(20)18(4-8)13-11-9(14)3-15-12(11)16-6-17-13/h3,6,8H,2,4-5H2,1H3,(H,15,16,17). The molecule has 3 heterocycles. The summed E-state index contributed by atoms with van der Waals surface area (Å²) >= 11 is 3.48. The van der Waals surface area contributed by atoms with Crippen LogP contribution in [0, 0.1) is 9.49 Å². The van der Waals surface area contributed by atoms with Gasteiger partial charge in [0.05, 0.1) is 5.39 Å². The van der Waals surface area contributed by atoms with E-state index >= 15 is 0 Å². The second-order valence-corrected chi connectivity index (χ2v) is 7.29. The van der Waals surface area contributed by atoms with E-state index in [0.717, 1.165) is 14.6 Å². The van der Waals surface area contributed by atoms with Crippen LogP contribution >= 0.6 is 34.4 Å². The number of carbonyl (C=O) groups is 2. The van der Waals surface area contributed by atoms with Crippen LogP contribution in [0.2, 0.25) is 0 Å². The van der Waals surface area contributed by atoms with Crippen molar-refractivity contribution < 1.29 is 9.59 Å². The molecule has 1 aliphatic rings. The van der Waals surface area contributed by atoms with Gasteiger partial charge in [-0.2, -0.15) is 0 Å². The Balaban J connectivity index is 1.87. The highest BCUT2D eigenvalue weighted by molar-refractivity contribution is 14.1. The van der Waals surface area contributed by atoms with Crippen LogP contribution in [0.25, 0.3) is 11.0 Å². The molecule has 1 saturated heterocycles. The Morgan fingerprint density at radius 2 is 2.38 bits per heavy atom. The van der Waals surface area contributed by atoms with Crippen molar-refractivity contribution in [2.75, 3.05) is 17.2 Å². The van der Waals surface area contributed by atoms with Gasteiger partial charge in [-0.3, -0.25) is 14.5 Å². The van der Waals surface area contributed by atoms with E-state index in [4.69, 9.17) is 0 Å². The van der Waals surface area contributed by atoms with Gasteiger partial charge in [-0.05, 0) is 28.5 Å². The third kappa shape index (κ3) is 2.91. The topological polar surface area (TPSA) is 79.0 Å². The van der Waals surface area contributed by atoms with Gasteiger partial charge in [-0.15, -0.1) is 0 Å². The molecule has 8 heteroatoms. The number of rotatable bonds is 3. The molecule has 0 saturated carbocycles. The minimum absolute atomic E-state index is 0.0566. The van der Waals surface area contributed by atoms with Crippen LogP contribution < -0.4 is 4.90 Å². The number of thioether (sulfide) groups is 1. The zero-order valence-electron chi connectivity index (χ0n) is 11.3. The highest BCUT2D eigenvalue weighted by Gasteiger charge is 2.33. The first kappa shape index (κ1) is 14.8. The molecule has 0 spiro atoms. The summed E-state index contributed by atoms with van der Waals surface area (Å²) in [6, 6.07) is 0. The van der Waals surface area contributed by atoms with E-state index < -0.39 is 0 Å². The maximum Gasteiger partial charge on any atom is 0.228 e. The van der Waals surface area contributed by atoms with Gasteiger partial charge in [-0.25, -0.2) is 9.97 Å². The molecule has 2 aromatic rings. The molecule has 0 radical (unpaired) electrons. The van der Waals surface area contributed by atoms with Gasteiger partial charge in [0.2, 0.25) is 5.91 Å². The van der Waals surface area contributed by atoms with E-state index in [1.165, 1.54) is 18.1 Å². The van der Waals surface area contributed by atoms with Gasteiger partial charge in [0.25, 0.3) is 0 Å². The smallest absolute Gasteiger partial charge is 0.228 e. The molecule has 0 bridgehead atoms. The quantitative estimate of drug-likeness (QED) is 0.777. The molecule has 3 rings (SSSR count). The highest BCUT2D eigenvalue weighted by atomic mass is 127. The van der Waals surface area contributed by atoms with E-state index in [-0.39, 0.29) is 16.9 Å². The third-order valence-corrected chi connectivity index (χ3v) is 5.28. The van der Waals surface area contributed by atoms with Crippen molar-refractivity contribution in [1.29, 1.82) is 0 Å². The zero-order chi connectivity index (χ0) is 15.0. The maximum atomic E-state index is 12.3. The van der Waals surface area contributed by atoms with E-state index in [1.807, 2.05) is 6.20 Å². The average Bonchev–Trinajstić information content (AvgIpc) is 3.00. The molecular formula is C13H13IN4O2S. The number of hydrogen-bond acceptors (Lipinski definition) is 5. The number of H-pyrrole nitrogens is 1. The number of nitrogens with zero attached hydrogens (tertiary/aromatic N) is 3. The Hall–Kier alpha value is -1.16. The molecule has 6 nitrogen and oxygen atoms in total. The molecule has 0 aliphatic carbocycles. The Bertz CT molecular complexity index is 717. The van der Waals surface area contributed by atoms with Gasteiger partial charge in [-0.1, -0.05) is 11.8 Å². The molecule has 2 aromatic heterocycles. The third-order valence-electron chi connectivity index (χ3n) is 3.38. The Morgan fingerprint density at radius 3 is 3.14 bits per heavy atom. The fourth-order valence-electron chi connectivity index (χ4n) is 2.45. The number of aromatic amines is 1. The maximum absolute atomic E-state index is 12.3. The van der Waals surface area contributed by atoms with Crippen LogP contribution in [0.5, 0.6) is 0 Å². The normalized spacial score (nSPS) is 18.7. The summed E-state index contributed by atoms with van der Waals surface area (Å²) in [4.78, 5) is 36.6. The van der Waals surface area contributed by atoms with Gasteiger partial charge >= 0.3 is 0 Å². The number of carbonyl (C=O) groups excluding carboxylic acids is 2. The number of amides is 1. The van der Waals surface area contributed by atoms with Crippen molar-refractivity contribution in [3.05, 3.63) is 16.1 Å². The Labute approximate surface area is 139 Å². The number of fused-ring (bicyclic) bond motifs is 1. The predicted octanol–water partition coefficient (Wildman–Crippen LogP) is 2.20. The van der Waals surface area contributed by atoms with Crippen LogP contribution in [0.15, 0.2) is 12.5 Å². The van der Waals surface area contributed by atoms with E-state index in [2.05, 4.69) is 37.5 Å². The first-order valence-electron chi connectivity index (χ1n) is 6.47. The lowest BCUT2D eigenvalue weighted by Gasteiger charge is -2.16. The van der Waals surface area contributed by atoms with E-state index in [1.54, 1.807) is 11.8 Å². The lowest BCUT2D eigenvalue weighted by atomic mass is 10.1. The number of anilines is 1. The van der Waals surface area contributed by atoms with Crippen LogP contribution in [-0.4, -0.2) is 38.3 Å². The van der Waals surface area contributed by atoms with E-state index in [9.17, 15) is 9.59 Å². The van der Waals surface area contributed by atoms with Crippen molar-refractivity contribution in [1.82, 2.24) is 15.0 Å². The lowest BCUT2D eigenvalue weighted by Crippen LogP contribution is -2.26. The van der Waals surface area contributed by atoms with Gasteiger partial charge < -0.3 is 4.98 Å². The van der Waals surface area contributed by atoms with Gasteiger partial charge in [0.15, 0.2) is 5.12 Å². The molecule has 1 atom stereocenters. The first-order chi connectivity index (χ1) is 10.1. The molecule has 1 unspecified atom stereocenters. The fraction of sp³-hybridized carbons (Fsp3) is 0.385.